The molecule has 1 aromatic heterocycles. The molecule has 20 heavy (non-hydrogen) atoms. The van der Waals surface area contributed by atoms with Crippen LogP contribution in [0.5, 0.6) is 11.5 Å². The molecular formula is C14H16N2O3S. The number of methoxy groups -OCH3 is 1. The SMILES string of the molecule is COc1cc(C(NCc2cccs2)C(N)=O)ccc1O. The van der Waals surface area contributed by atoms with Crippen molar-refractivity contribution in [2.45, 2.75) is 12.6 Å². The van der Waals surface area contributed by atoms with Gasteiger partial charge in [-0.05, 0) is 29.1 Å². The number of phenolic OH excluding ortho intramolecular Hbond substituents is 1. The average Bonchev–Trinajstić information content (AvgIpc) is 2.93. The van der Waals surface area contributed by atoms with E-state index in [-0.39, 0.29) is 5.75 Å². The maximum absolute atomic E-state index is 11.6. The number of hydrogen-bond acceptors (Lipinski definition) is 5. The number of nitrogens with two attached hydrogens (primary N) is 1. The predicted octanol–water partition coefficient (Wildman–Crippen LogP) is 1.78. The lowest BCUT2D eigenvalue weighted by atomic mass is 10.1. The molecule has 1 atom stereocenters. The molecule has 1 unspecified atom stereocenters. The van der Waals surface area contributed by atoms with Crippen molar-refractivity contribution < 1.29 is 14.6 Å². The first kappa shape index (κ1) is 14.4. The Hall–Kier alpha value is -2.05. The lowest BCUT2D eigenvalue weighted by Crippen LogP contribution is -2.33. The highest BCUT2D eigenvalue weighted by Gasteiger charge is 2.19. The van der Waals surface area contributed by atoms with Crippen molar-refractivity contribution >= 4 is 17.2 Å². The van der Waals surface area contributed by atoms with Crippen LogP contribution in [0.2, 0.25) is 0 Å². The Morgan fingerprint density at radius 3 is 2.90 bits per heavy atom. The minimum atomic E-state index is -0.633. The maximum atomic E-state index is 11.6. The van der Waals surface area contributed by atoms with Gasteiger partial charge >= 0.3 is 0 Å². The van der Waals surface area contributed by atoms with Gasteiger partial charge in [0.15, 0.2) is 11.5 Å². The molecule has 1 heterocycles. The van der Waals surface area contributed by atoms with E-state index in [4.69, 9.17) is 10.5 Å². The quantitative estimate of drug-likeness (QED) is 0.757. The summed E-state index contributed by atoms with van der Waals surface area (Å²) in [5, 5.41) is 14.7. The first-order valence-corrected chi connectivity index (χ1v) is 6.91. The Morgan fingerprint density at radius 1 is 1.50 bits per heavy atom. The molecule has 0 bridgehead atoms. The number of rotatable bonds is 6. The fraction of sp³-hybridized carbons (Fsp3) is 0.214. The van der Waals surface area contributed by atoms with Gasteiger partial charge in [-0.1, -0.05) is 12.1 Å². The Morgan fingerprint density at radius 2 is 2.30 bits per heavy atom. The molecule has 0 radical (unpaired) electrons. The Balaban J connectivity index is 2.17. The lowest BCUT2D eigenvalue weighted by Gasteiger charge is -2.16. The van der Waals surface area contributed by atoms with Crippen molar-refractivity contribution in [1.29, 1.82) is 0 Å². The summed E-state index contributed by atoms with van der Waals surface area (Å²) in [5.74, 6) is -0.140. The van der Waals surface area contributed by atoms with E-state index in [2.05, 4.69) is 5.32 Å². The van der Waals surface area contributed by atoms with Crippen molar-refractivity contribution in [2.24, 2.45) is 5.73 Å². The predicted molar refractivity (Wildman–Crippen MR) is 77.8 cm³/mol. The Bertz CT molecular complexity index is 584. The number of phenols is 1. The summed E-state index contributed by atoms with van der Waals surface area (Å²) in [4.78, 5) is 12.7. The smallest absolute Gasteiger partial charge is 0.239 e. The molecule has 6 heteroatoms. The van der Waals surface area contributed by atoms with Crippen LogP contribution in [0.25, 0.3) is 0 Å². The highest BCUT2D eigenvalue weighted by atomic mass is 32.1. The van der Waals surface area contributed by atoms with E-state index in [0.717, 1.165) is 4.88 Å². The number of primary amides is 1. The van der Waals surface area contributed by atoms with Gasteiger partial charge in [0, 0.05) is 11.4 Å². The van der Waals surface area contributed by atoms with Crippen LogP contribution in [0, 0.1) is 0 Å². The van der Waals surface area contributed by atoms with Gasteiger partial charge in [-0.25, -0.2) is 0 Å². The molecule has 2 aromatic rings. The van der Waals surface area contributed by atoms with Gasteiger partial charge in [0.25, 0.3) is 0 Å². The van der Waals surface area contributed by atoms with E-state index in [1.165, 1.54) is 13.2 Å². The van der Waals surface area contributed by atoms with Crippen molar-refractivity contribution in [3.63, 3.8) is 0 Å². The number of hydrogen-bond donors (Lipinski definition) is 3. The maximum Gasteiger partial charge on any atom is 0.239 e. The number of thiophene rings is 1. The average molecular weight is 292 g/mol. The van der Waals surface area contributed by atoms with Crippen molar-refractivity contribution in [3.05, 3.63) is 46.2 Å². The van der Waals surface area contributed by atoms with Gasteiger partial charge in [-0.15, -0.1) is 11.3 Å². The molecule has 0 spiro atoms. The van der Waals surface area contributed by atoms with E-state index < -0.39 is 11.9 Å². The second-order valence-electron chi connectivity index (χ2n) is 4.23. The largest absolute Gasteiger partial charge is 0.504 e. The van der Waals surface area contributed by atoms with E-state index in [0.29, 0.717) is 17.9 Å². The first-order chi connectivity index (χ1) is 9.61. The van der Waals surface area contributed by atoms with Crippen LogP contribution in [0.15, 0.2) is 35.7 Å². The summed E-state index contributed by atoms with van der Waals surface area (Å²) >= 11 is 1.60. The molecule has 0 saturated carbocycles. The van der Waals surface area contributed by atoms with Gasteiger partial charge in [0.2, 0.25) is 5.91 Å². The highest BCUT2D eigenvalue weighted by molar-refractivity contribution is 7.09. The molecule has 2 rings (SSSR count). The molecule has 0 aliphatic rings. The van der Waals surface area contributed by atoms with Gasteiger partial charge < -0.3 is 15.6 Å². The van der Waals surface area contributed by atoms with E-state index in [1.54, 1.807) is 23.5 Å². The Labute approximate surface area is 121 Å². The molecule has 1 amide bonds. The highest BCUT2D eigenvalue weighted by Crippen LogP contribution is 2.29. The van der Waals surface area contributed by atoms with Crippen molar-refractivity contribution in [1.82, 2.24) is 5.32 Å². The third kappa shape index (κ3) is 3.28. The number of carbonyl (C=O) groups excluding carboxylic acids is 1. The van der Waals surface area contributed by atoms with Gasteiger partial charge in [0.05, 0.1) is 7.11 Å². The van der Waals surface area contributed by atoms with Crippen molar-refractivity contribution in [3.8, 4) is 11.5 Å². The monoisotopic (exact) mass is 292 g/mol. The number of benzene rings is 1. The molecule has 106 valence electrons. The third-order valence-electron chi connectivity index (χ3n) is 2.88. The second kappa shape index (κ2) is 6.40. The van der Waals surface area contributed by atoms with E-state index >= 15 is 0 Å². The number of ether oxygens (including phenoxy) is 1. The Kier molecular flexibility index (Phi) is 4.60. The zero-order chi connectivity index (χ0) is 14.5. The van der Waals surface area contributed by atoms with Gasteiger partial charge in [-0.2, -0.15) is 0 Å². The lowest BCUT2D eigenvalue weighted by molar-refractivity contribution is -0.120. The molecule has 0 saturated heterocycles. The van der Waals surface area contributed by atoms with Crippen LogP contribution in [-0.4, -0.2) is 18.1 Å². The molecule has 0 fully saturated rings. The molecule has 5 nitrogen and oxygen atoms in total. The summed E-state index contributed by atoms with van der Waals surface area (Å²) in [6.45, 7) is 0.550. The molecule has 0 aliphatic heterocycles. The normalized spacial score (nSPS) is 12.1. The zero-order valence-electron chi connectivity index (χ0n) is 11.0. The summed E-state index contributed by atoms with van der Waals surface area (Å²) < 4.78 is 5.04. The topological polar surface area (TPSA) is 84.6 Å². The molecular weight excluding hydrogens is 276 g/mol. The standard InChI is InChI=1S/C14H16N2O3S/c1-19-12-7-9(4-5-11(12)17)13(14(15)18)16-8-10-3-2-6-20-10/h2-7,13,16-17H,8H2,1H3,(H2,15,18). The van der Waals surface area contributed by atoms with Gasteiger partial charge in [-0.3, -0.25) is 10.1 Å². The van der Waals surface area contributed by atoms with Crippen LogP contribution in [0.1, 0.15) is 16.5 Å². The van der Waals surface area contributed by atoms with Crippen LogP contribution < -0.4 is 15.8 Å². The second-order valence-corrected chi connectivity index (χ2v) is 5.26. The fourth-order valence-corrected chi connectivity index (χ4v) is 2.53. The third-order valence-corrected chi connectivity index (χ3v) is 3.76. The first-order valence-electron chi connectivity index (χ1n) is 6.04. The number of nitrogens with one attached hydrogen (secondary N) is 1. The summed E-state index contributed by atoms with van der Waals surface area (Å²) in [6, 6.07) is 8.03. The minimum absolute atomic E-state index is 0.0257. The minimum Gasteiger partial charge on any atom is -0.504 e. The molecule has 1 aromatic carbocycles. The van der Waals surface area contributed by atoms with Crippen molar-refractivity contribution in [2.75, 3.05) is 7.11 Å². The van der Waals surface area contributed by atoms with Gasteiger partial charge in [0.1, 0.15) is 6.04 Å². The zero-order valence-corrected chi connectivity index (χ0v) is 11.8. The number of carbonyl (C=O) groups is 1. The van der Waals surface area contributed by atoms with E-state index in [1.807, 2.05) is 17.5 Å². The molecule has 0 aliphatic carbocycles. The summed E-state index contributed by atoms with van der Waals surface area (Å²) in [7, 11) is 1.46. The number of amides is 1. The van der Waals surface area contributed by atoms with E-state index in [9.17, 15) is 9.90 Å². The van der Waals surface area contributed by atoms with Crippen LogP contribution >= 0.6 is 11.3 Å². The van der Waals surface area contributed by atoms with Crippen LogP contribution in [-0.2, 0) is 11.3 Å². The summed E-state index contributed by atoms with van der Waals surface area (Å²) in [6.07, 6.45) is 0. The molecule has 4 N–H and O–H groups in total. The van der Waals surface area contributed by atoms with Crippen LogP contribution in [0.3, 0.4) is 0 Å². The number of aromatic hydroxyl groups is 1. The summed E-state index contributed by atoms with van der Waals surface area (Å²) in [5.41, 5.74) is 6.09. The van der Waals surface area contributed by atoms with Crippen LogP contribution in [0.4, 0.5) is 0 Å². The fourth-order valence-electron chi connectivity index (χ4n) is 1.87.